The zero-order valence-electron chi connectivity index (χ0n) is 11.5. The van der Waals surface area contributed by atoms with Gasteiger partial charge in [-0.3, -0.25) is 9.69 Å². The van der Waals surface area contributed by atoms with E-state index in [9.17, 15) is 4.79 Å². The molecule has 0 aromatic heterocycles. The molecule has 0 atom stereocenters. The molecule has 0 heterocycles. The Labute approximate surface area is 109 Å². The molecule has 1 aromatic rings. The lowest BCUT2D eigenvalue weighted by Gasteiger charge is -2.15. The van der Waals surface area contributed by atoms with Crippen LogP contribution in [0.3, 0.4) is 0 Å². The second-order valence-electron chi connectivity index (χ2n) is 4.44. The Bertz CT molecular complexity index is 362. The Morgan fingerprint density at radius 1 is 1.28 bits per heavy atom. The molecule has 100 valence electrons. The fourth-order valence-corrected chi connectivity index (χ4v) is 1.65. The summed E-state index contributed by atoms with van der Waals surface area (Å²) in [6, 6.07) is 7.98. The largest absolute Gasteiger partial charge is 0.325 e. The van der Waals surface area contributed by atoms with Gasteiger partial charge in [-0.2, -0.15) is 0 Å². The maximum absolute atomic E-state index is 11.8. The van der Waals surface area contributed by atoms with Crippen LogP contribution < -0.4 is 10.6 Å². The van der Waals surface area contributed by atoms with E-state index in [1.165, 1.54) is 5.56 Å². The number of nitrogens with one attached hydrogen (secondary N) is 2. The third kappa shape index (κ3) is 5.29. The van der Waals surface area contributed by atoms with Crippen LogP contribution in [0.5, 0.6) is 0 Å². The van der Waals surface area contributed by atoms with Crippen LogP contribution in [-0.2, 0) is 11.2 Å². The first-order valence-corrected chi connectivity index (χ1v) is 6.37. The van der Waals surface area contributed by atoms with Crippen LogP contribution in [-0.4, -0.2) is 44.5 Å². The molecule has 2 N–H and O–H groups in total. The Balaban J connectivity index is 2.39. The molecule has 0 aliphatic rings. The van der Waals surface area contributed by atoms with Crippen molar-refractivity contribution in [1.82, 2.24) is 10.2 Å². The zero-order chi connectivity index (χ0) is 13.4. The molecule has 18 heavy (non-hydrogen) atoms. The molecule has 0 fully saturated rings. The summed E-state index contributed by atoms with van der Waals surface area (Å²) in [5.41, 5.74) is 2.14. The average Bonchev–Trinajstić information content (AvgIpc) is 2.37. The first kappa shape index (κ1) is 14.7. The molecular formula is C14H23N3O. The quantitative estimate of drug-likeness (QED) is 0.766. The molecule has 0 saturated carbocycles. The molecule has 4 heteroatoms. The van der Waals surface area contributed by atoms with Gasteiger partial charge in [0.15, 0.2) is 0 Å². The van der Waals surface area contributed by atoms with Crippen LogP contribution in [0.1, 0.15) is 12.5 Å². The molecule has 0 spiro atoms. The first-order chi connectivity index (χ1) is 8.65. The standard InChI is InChI=1S/C14H23N3O/c1-4-12-5-7-13(8-6-12)16-14(18)11-17(3)10-9-15-2/h5-8,15H,4,9-11H2,1-3H3,(H,16,18). The maximum atomic E-state index is 11.8. The van der Waals surface area contributed by atoms with Crippen LogP contribution in [0, 0.1) is 0 Å². The second kappa shape index (κ2) is 7.84. The summed E-state index contributed by atoms with van der Waals surface area (Å²) in [4.78, 5) is 13.8. The number of rotatable bonds is 7. The predicted octanol–water partition coefficient (Wildman–Crippen LogP) is 1.34. The molecule has 1 amide bonds. The highest BCUT2D eigenvalue weighted by molar-refractivity contribution is 5.92. The monoisotopic (exact) mass is 249 g/mol. The summed E-state index contributed by atoms with van der Waals surface area (Å²) in [5, 5.41) is 5.96. The SMILES string of the molecule is CCc1ccc(NC(=O)CN(C)CCNC)cc1. The van der Waals surface area contributed by atoms with E-state index in [-0.39, 0.29) is 5.91 Å². The van der Waals surface area contributed by atoms with E-state index >= 15 is 0 Å². The minimum absolute atomic E-state index is 0.0258. The van der Waals surface area contributed by atoms with Gasteiger partial charge in [0.2, 0.25) is 5.91 Å². The van der Waals surface area contributed by atoms with Crippen molar-refractivity contribution in [2.45, 2.75) is 13.3 Å². The number of likely N-dealkylation sites (N-methyl/N-ethyl adjacent to an activating group) is 2. The van der Waals surface area contributed by atoms with E-state index in [1.54, 1.807) is 0 Å². The summed E-state index contributed by atoms with van der Waals surface area (Å²) in [6.45, 7) is 4.27. The van der Waals surface area contributed by atoms with Crippen molar-refractivity contribution in [3.05, 3.63) is 29.8 Å². The number of nitrogens with zero attached hydrogens (tertiary/aromatic N) is 1. The van der Waals surface area contributed by atoms with Crippen LogP contribution in [0.2, 0.25) is 0 Å². The highest BCUT2D eigenvalue weighted by atomic mass is 16.2. The number of aryl methyl sites for hydroxylation is 1. The van der Waals surface area contributed by atoms with E-state index in [2.05, 4.69) is 17.6 Å². The number of carbonyl (C=O) groups excluding carboxylic acids is 1. The summed E-state index contributed by atoms with van der Waals surface area (Å²) in [6.07, 6.45) is 1.01. The molecule has 0 aliphatic carbocycles. The normalized spacial score (nSPS) is 10.7. The van der Waals surface area contributed by atoms with Crippen molar-refractivity contribution in [1.29, 1.82) is 0 Å². The summed E-state index contributed by atoms with van der Waals surface area (Å²) < 4.78 is 0. The van der Waals surface area contributed by atoms with E-state index in [0.29, 0.717) is 6.54 Å². The van der Waals surface area contributed by atoms with Crippen LogP contribution in [0.15, 0.2) is 24.3 Å². The summed E-state index contributed by atoms with van der Waals surface area (Å²) in [7, 11) is 3.85. The average molecular weight is 249 g/mol. The van der Waals surface area contributed by atoms with Crippen molar-refractivity contribution >= 4 is 11.6 Å². The minimum atomic E-state index is 0.0258. The van der Waals surface area contributed by atoms with E-state index < -0.39 is 0 Å². The maximum Gasteiger partial charge on any atom is 0.238 e. The van der Waals surface area contributed by atoms with Crippen molar-refractivity contribution in [3.63, 3.8) is 0 Å². The van der Waals surface area contributed by atoms with Gasteiger partial charge < -0.3 is 10.6 Å². The van der Waals surface area contributed by atoms with Crippen LogP contribution in [0.4, 0.5) is 5.69 Å². The lowest BCUT2D eigenvalue weighted by Crippen LogP contribution is -2.34. The van der Waals surface area contributed by atoms with Crippen molar-refractivity contribution in [2.24, 2.45) is 0 Å². The first-order valence-electron chi connectivity index (χ1n) is 6.37. The number of hydrogen-bond acceptors (Lipinski definition) is 3. The van der Waals surface area contributed by atoms with Gasteiger partial charge in [0.25, 0.3) is 0 Å². The van der Waals surface area contributed by atoms with E-state index in [0.717, 1.165) is 25.2 Å². The van der Waals surface area contributed by atoms with Gasteiger partial charge in [-0.15, -0.1) is 0 Å². The van der Waals surface area contributed by atoms with Gasteiger partial charge in [0.1, 0.15) is 0 Å². The molecule has 0 aliphatic heterocycles. The highest BCUT2D eigenvalue weighted by Gasteiger charge is 2.06. The summed E-state index contributed by atoms with van der Waals surface area (Å²) in [5.74, 6) is 0.0258. The fraction of sp³-hybridized carbons (Fsp3) is 0.500. The van der Waals surface area contributed by atoms with Gasteiger partial charge in [0, 0.05) is 18.8 Å². The Morgan fingerprint density at radius 3 is 2.50 bits per heavy atom. The molecular weight excluding hydrogens is 226 g/mol. The van der Waals surface area contributed by atoms with Gasteiger partial charge in [-0.25, -0.2) is 0 Å². The van der Waals surface area contributed by atoms with Crippen molar-refractivity contribution in [2.75, 3.05) is 39.0 Å². The molecule has 0 saturated heterocycles. The zero-order valence-corrected chi connectivity index (χ0v) is 11.5. The van der Waals surface area contributed by atoms with E-state index in [1.807, 2.05) is 43.3 Å². The van der Waals surface area contributed by atoms with Gasteiger partial charge >= 0.3 is 0 Å². The lowest BCUT2D eigenvalue weighted by molar-refractivity contribution is -0.117. The third-order valence-electron chi connectivity index (χ3n) is 2.80. The van der Waals surface area contributed by atoms with Gasteiger partial charge in [0.05, 0.1) is 6.54 Å². The second-order valence-corrected chi connectivity index (χ2v) is 4.44. The number of anilines is 1. The Morgan fingerprint density at radius 2 is 1.94 bits per heavy atom. The Kier molecular flexibility index (Phi) is 6.39. The van der Waals surface area contributed by atoms with Crippen LogP contribution >= 0.6 is 0 Å². The molecule has 0 radical (unpaired) electrons. The highest BCUT2D eigenvalue weighted by Crippen LogP contribution is 2.09. The van der Waals surface area contributed by atoms with Crippen molar-refractivity contribution in [3.8, 4) is 0 Å². The fourth-order valence-electron chi connectivity index (χ4n) is 1.65. The molecule has 0 unspecified atom stereocenters. The van der Waals surface area contributed by atoms with Crippen LogP contribution in [0.25, 0.3) is 0 Å². The molecule has 1 rings (SSSR count). The van der Waals surface area contributed by atoms with E-state index in [4.69, 9.17) is 0 Å². The van der Waals surface area contributed by atoms with Gasteiger partial charge in [-0.05, 0) is 38.2 Å². The number of hydrogen-bond donors (Lipinski definition) is 2. The third-order valence-corrected chi connectivity index (χ3v) is 2.80. The topological polar surface area (TPSA) is 44.4 Å². The summed E-state index contributed by atoms with van der Waals surface area (Å²) >= 11 is 0. The number of carbonyl (C=O) groups is 1. The lowest BCUT2D eigenvalue weighted by atomic mass is 10.1. The Hall–Kier alpha value is -1.39. The van der Waals surface area contributed by atoms with Gasteiger partial charge in [-0.1, -0.05) is 19.1 Å². The number of benzene rings is 1. The minimum Gasteiger partial charge on any atom is -0.325 e. The van der Waals surface area contributed by atoms with Crippen molar-refractivity contribution < 1.29 is 4.79 Å². The smallest absolute Gasteiger partial charge is 0.238 e. The number of amides is 1. The predicted molar refractivity (Wildman–Crippen MR) is 75.9 cm³/mol. The molecule has 1 aromatic carbocycles. The molecule has 4 nitrogen and oxygen atoms in total. The molecule has 0 bridgehead atoms.